The van der Waals surface area contributed by atoms with Crippen LogP contribution in [-0.4, -0.2) is 34.7 Å². The minimum absolute atomic E-state index is 0.243. The maximum Gasteiger partial charge on any atom is 0.330 e. The van der Waals surface area contributed by atoms with E-state index in [2.05, 4.69) is 20.3 Å². The molecule has 6 nitrogen and oxygen atoms in total. The fourth-order valence-corrected chi connectivity index (χ4v) is 2.08. The average Bonchev–Trinajstić information content (AvgIpc) is 2.95. The van der Waals surface area contributed by atoms with Crippen molar-refractivity contribution in [2.45, 2.75) is 19.4 Å². The maximum absolute atomic E-state index is 12.2. The molecule has 22 heavy (non-hydrogen) atoms. The normalized spacial score (nSPS) is 11.1. The number of carbonyl (C=O) groups is 2. The SMILES string of the molecule is COC(=O)C(C)(C)NC(=O)c1cc(-c2cccc(Cl)c2)n[nH]1. The fourth-order valence-electron chi connectivity index (χ4n) is 1.89. The Hall–Kier alpha value is -2.34. The molecule has 0 atom stereocenters. The molecule has 0 aliphatic carbocycles. The van der Waals surface area contributed by atoms with Crippen LogP contribution in [0.2, 0.25) is 5.02 Å². The maximum atomic E-state index is 12.2. The van der Waals surface area contributed by atoms with E-state index in [0.717, 1.165) is 5.56 Å². The van der Waals surface area contributed by atoms with Crippen LogP contribution in [0.1, 0.15) is 24.3 Å². The smallest absolute Gasteiger partial charge is 0.330 e. The molecule has 0 unspecified atom stereocenters. The lowest BCUT2D eigenvalue weighted by Gasteiger charge is -2.22. The second kappa shape index (κ2) is 6.19. The van der Waals surface area contributed by atoms with Crippen LogP contribution in [0.5, 0.6) is 0 Å². The van der Waals surface area contributed by atoms with Gasteiger partial charge in [-0.15, -0.1) is 0 Å². The van der Waals surface area contributed by atoms with Crippen LogP contribution in [0.15, 0.2) is 30.3 Å². The summed E-state index contributed by atoms with van der Waals surface area (Å²) in [7, 11) is 1.27. The molecule has 0 aliphatic rings. The zero-order valence-corrected chi connectivity index (χ0v) is 13.2. The number of amides is 1. The number of ether oxygens (including phenoxy) is 1. The Balaban J connectivity index is 2.18. The quantitative estimate of drug-likeness (QED) is 0.847. The molecule has 0 bridgehead atoms. The molecule has 2 N–H and O–H groups in total. The molecule has 7 heteroatoms. The van der Waals surface area contributed by atoms with Crippen molar-refractivity contribution in [3.8, 4) is 11.3 Å². The number of hydrogen-bond acceptors (Lipinski definition) is 4. The molecule has 0 spiro atoms. The second-order valence-electron chi connectivity index (χ2n) is 5.25. The minimum atomic E-state index is -1.13. The van der Waals surface area contributed by atoms with Gasteiger partial charge in [0.1, 0.15) is 11.2 Å². The number of methoxy groups -OCH3 is 1. The number of hydrogen-bond donors (Lipinski definition) is 2. The molecule has 116 valence electrons. The molecule has 2 aromatic rings. The molecule has 0 fully saturated rings. The average molecular weight is 322 g/mol. The van der Waals surface area contributed by atoms with Crippen LogP contribution < -0.4 is 5.32 Å². The zero-order chi connectivity index (χ0) is 16.3. The number of carbonyl (C=O) groups excluding carboxylic acids is 2. The van der Waals surface area contributed by atoms with Crippen molar-refractivity contribution in [1.29, 1.82) is 0 Å². The van der Waals surface area contributed by atoms with E-state index in [0.29, 0.717) is 10.7 Å². The molecule has 0 saturated carbocycles. The van der Waals surface area contributed by atoms with Crippen molar-refractivity contribution < 1.29 is 14.3 Å². The zero-order valence-electron chi connectivity index (χ0n) is 12.4. The molecular weight excluding hydrogens is 306 g/mol. The van der Waals surface area contributed by atoms with Crippen LogP contribution in [0.4, 0.5) is 0 Å². The van der Waals surface area contributed by atoms with Gasteiger partial charge in [-0.3, -0.25) is 9.89 Å². The first-order chi connectivity index (χ1) is 10.3. The molecular formula is C15H16ClN3O3. The highest BCUT2D eigenvalue weighted by Gasteiger charge is 2.31. The Morgan fingerprint density at radius 1 is 1.32 bits per heavy atom. The number of halogens is 1. The number of esters is 1. The van der Waals surface area contributed by atoms with E-state index < -0.39 is 17.4 Å². The third-order valence-corrected chi connectivity index (χ3v) is 3.30. The van der Waals surface area contributed by atoms with Crippen molar-refractivity contribution >= 4 is 23.5 Å². The first-order valence-corrected chi connectivity index (χ1v) is 6.93. The standard InChI is InChI=1S/C15H16ClN3O3/c1-15(2,14(21)22-3)17-13(20)12-8-11(18-19-12)9-5-4-6-10(16)7-9/h4-8H,1-3H3,(H,17,20)(H,18,19). The predicted molar refractivity (Wildman–Crippen MR) is 82.6 cm³/mol. The number of benzene rings is 1. The Kier molecular flexibility index (Phi) is 4.51. The van der Waals surface area contributed by atoms with Crippen LogP contribution in [-0.2, 0) is 9.53 Å². The summed E-state index contributed by atoms with van der Waals surface area (Å²) in [6.45, 7) is 3.12. The van der Waals surface area contributed by atoms with Gasteiger partial charge in [0, 0.05) is 10.6 Å². The molecule has 0 saturated heterocycles. The number of nitrogens with one attached hydrogen (secondary N) is 2. The Morgan fingerprint density at radius 3 is 2.68 bits per heavy atom. The molecule has 0 radical (unpaired) electrons. The van der Waals surface area contributed by atoms with Gasteiger partial charge >= 0.3 is 5.97 Å². The summed E-state index contributed by atoms with van der Waals surface area (Å²) in [5, 5.41) is 9.90. The van der Waals surface area contributed by atoms with Crippen molar-refractivity contribution in [3.05, 3.63) is 41.0 Å². The molecule has 0 aliphatic heterocycles. The number of rotatable bonds is 4. The van der Waals surface area contributed by atoms with Crippen molar-refractivity contribution in [2.24, 2.45) is 0 Å². The Morgan fingerprint density at radius 2 is 2.05 bits per heavy atom. The summed E-state index contributed by atoms with van der Waals surface area (Å²) in [5.74, 6) is -0.980. The van der Waals surface area contributed by atoms with Gasteiger partial charge in [-0.1, -0.05) is 23.7 Å². The lowest BCUT2D eigenvalue weighted by molar-refractivity contribution is -0.146. The van der Waals surface area contributed by atoms with E-state index in [1.165, 1.54) is 7.11 Å². The first-order valence-electron chi connectivity index (χ1n) is 6.56. The van der Waals surface area contributed by atoms with Crippen LogP contribution >= 0.6 is 11.6 Å². The van der Waals surface area contributed by atoms with Gasteiger partial charge in [-0.2, -0.15) is 5.10 Å². The second-order valence-corrected chi connectivity index (χ2v) is 5.68. The number of aromatic amines is 1. The third-order valence-electron chi connectivity index (χ3n) is 3.06. The van der Waals surface area contributed by atoms with E-state index in [-0.39, 0.29) is 5.69 Å². The molecule has 1 aromatic carbocycles. The van der Waals surface area contributed by atoms with Gasteiger partial charge in [-0.05, 0) is 32.0 Å². The molecule has 1 heterocycles. The van der Waals surface area contributed by atoms with Crippen LogP contribution in [0.25, 0.3) is 11.3 Å². The minimum Gasteiger partial charge on any atom is -0.467 e. The van der Waals surface area contributed by atoms with E-state index in [9.17, 15) is 9.59 Å². The summed E-state index contributed by atoms with van der Waals surface area (Å²) < 4.78 is 4.65. The van der Waals surface area contributed by atoms with Crippen molar-refractivity contribution in [3.63, 3.8) is 0 Å². The highest BCUT2D eigenvalue weighted by Crippen LogP contribution is 2.21. The lowest BCUT2D eigenvalue weighted by atomic mass is 10.1. The number of H-pyrrole nitrogens is 1. The van der Waals surface area contributed by atoms with E-state index in [1.54, 1.807) is 38.1 Å². The summed E-state index contributed by atoms with van der Waals surface area (Å²) in [6.07, 6.45) is 0. The molecule has 2 rings (SSSR count). The largest absolute Gasteiger partial charge is 0.467 e. The topological polar surface area (TPSA) is 84.1 Å². The van der Waals surface area contributed by atoms with Crippen molar-refractivity contribution in [1.82, 2.24) is 15.5 Å². The third kappa shape index (κ3) is 3.46. The van der Waals surface area contributed by atoms with Gasteiger partial charge in [0.05, 0.1) is 12.8 Å². The Bertz CT molecular complexity index is 710. The van der Waals surface area contributed by atoms with Gasteiger partial charge in [0.15, 0.2) is 0 Å². The Labute approximate surface area is 132 Å². The predicted octanol–water partition coefficient (Wildman–Crippen LogP) is 2.41. The van der Waals surface area contributed by atoms with E-state index in [4.69, 9.17) is 11.6 Å². The van der Waals surface area contributed by atoms with E-state index >= 15 is 0 Å². The first kappa shape index (κ1) is 16.0. The van der Waals surface area contributed by atoms with Crippen LogP contribution in [0.3, 0.4) is 0 Å². The van der Waals surface area contributed by atoms with Gasteiger partial charge in [0.2, 0.25) is 0 Å². The summed E-state index contributed by atoms with van der Waals surface area (Å²) >= 11 is 5.93. The number of nitrogens with zero attached hydrogens (tertiary/aromatic N) is 1. The van der Waals surface area contributed by atoms with Crippen LogP contribution in [0, 0.1) is 0 Å². The highest BCUT2D eigenvalue weighted by atomic mass is 35.5. The van der Waals surface area contributed by atoms with E-state index in [1.807, 2.05) is 6.07 Å². The van der Waals surface area contributed by atoms with Crippen molar-refractivity contribution in [2.75, 3.05) is 7.11 Å². The lowest BCUT2D eigenvalue weighted by Crippen LogP contribution is -2.50. The van der Waals surface area contributed by atoms with Gasteiger partial charge < -0.3 is 10.1 Å². The molecule has 1 amide bonds. The monoisotopic (exact) mass is 321 g/mol. The highest BCUT2D eigenvalue weighted by molar-refractivity contribution is 6.30. The number of aromatic nitrogens is 2. The van der Waals surface area contributed by atoms with Gasteiger partial charge in [-0.25, -0.2) is 4.79 Å². The van der Waals surface area contributed by atoms with Gasteiger partial charge in [0.25, 0.3) is 5.91 Å². The fraction of sp³-hybridized carbons (Fsp3) is 0.267. The molecule has 1 aromatic heterocycles. The summed E-state index contributed by atoms with van der Waals surface area (Å²) in [5.41, 5.74) is 0.484. The summed E-state index contributed by atoms with van der Waals surface area (Å²) in [4.78, 5) is 23.8. The summed E-state index contributed by atoms with van der Waals surface area (Å²) in [6, 6.07) is 8.73.